The van der Waals surface area contributed by atoms with E-state index in [9.17, 15) is 29.5 Å². The van der Waals surface area contributed by atoms with Crippen LogP contribution in [0.1, 0.15) is 60.3 Å². The van der Waals surface area contributed by atoms with Crippen molar-refractivity contribution in [3.05, 3.63) is 24.3 Å². The first-order chi connectivity index (χ1) is 18.3. The molecule has 220 valence electrons. The third-order valence-corrected chi connectivity index (χ3v) is 6.86. The van der Waals surface area contributed by atoms with Gasteiger partial charge in [0, 0.05) is 24.2 Å². The van der Waals surface area contributed by atoms with Gasteiger partial charge in [-0.1, -0.05) is 13.8 Å². The highest BCUT2D eigenvalue weighted by Gasteiger charge is 2.36. The van der Waals surface area contributed by atoms with E-state index < -0.39 is 41.4 Å². The van der Waals surface area contributed by atoms with Crippen LogP contribution in [-0.4, -0.2) is 65.1 Å². The maximum absolute atomic E-state index is 13.5. The third-order valence-electron chi connectivity index (χ3n) is 5.73. The predicted molar refractivity (Wildman–Crippen MR) is 149 cm³/mol. The zero-order valence-electron chi connectivity index (χ0n) is 23.7. The fourth-order valence-corrected chi connectivity index (χ4v) is 4.93. The molecule has 11 nitrogen and oxygen atoms in total. The van der Waals surface area contributed by atoms with Crippen molar-refractivity contribution in [1.29, 1.82) is 0 Å². The Morgan fingerprint density at radius 2 is 1.62 bits per heavy atom. The van der Waals surface area contributed by atoms with Crippen LogP contribution in [0.5, 0.6) is 5.75 Å². The first kappa shape index (κ1) is 34.0. The summed E-state index contributed by atoms with van der Waals surface area (Å²) in [5.41, 5.74) is 1.08. The molecule has 12 heteroatoms. The highest BCUT2D eigenvalue weighted by Crippen LogP contribution is 2.29. The molecule has 6 N–H and O–H groups in total. The standard InChI is InChI=1S/C27H44N4O7S/c1-17(2)15-20(21(24(34)31-37)16-39-19-12-10-18(32)11-13-19)23(33)30-22(25(35)28-6)9-7-8-14-29-26(36)38-27(3,4)5/h10-13,17,20-22,32,37H,7-9,14-16H2,1-6H3,(H,28,35)(H,29,36)(H,30,33)(H,31,34)/t20-,21+,22?/m1/s1. The van der Waals surface area contributed by atoms with E-state index in [4.69, 9.17) is 4.74 Å². The molecule has 1 aromatic rings. The fourth-order valence-electron chi connectivity index (χ4n) is 3.85. The molecule has 1 aromatic carbocycles. The zero-order chi connectivity index (χ0) is 29.6. The second kappa shape index (κ2) is 16.9. The van der Waals surface area contributed by atoms with Gasteiger partial charge in [0.05, 0.1) is 11.8 Å². The summed E-state index contributed by atoms with van der Waals surface area (Å²) in [7, 11) is 1.48. The number of ether oxygens (including phenoxy) is 1. The number of hydroxylamine groups is 1. The summed E-state index contributed by atoms with van der Waals surface area (Å²) in [5, 5.41) is 26.9. The van der Waals surface area contributed by atoms with Gasteiger partial charge in [-0.3, -0.25) is 19.6 Å². The molecule has 39 heavy (non-hydrogen) atoms. The number of nitrogens with one attached hydrogen (secondary N) is 4. The van der Waals surface area contributed by atoms with E-state index in [1.54, 1.807) is 38.4 Å². The van der Waals surface area contributed by atoms with Gasteiger partial charge in [-0.25, -0.2) is 10.3 Å². The van der Waals surface area contributed by atoms with Crippen LogP contribution in [0.3, 0.4) is 0 Å². The Hall–Kier alpha value is -2.99. The lowest BCUT2D eigenvalue weighted by Gasteiger charge is -2.28. The lowest BCUT2D eigenvalue weighted by molar-refractivity contribution is -0.140. The maximum Gasteiger partial charge on any atom is 0.407 e. The Morgan fingerprint density at radius 3 is 2.15 bits per heavy atom. The normalized spacial score (nSPS) is 13.6. The molecular formula is C27H44N4O7S. The van der Waals surface area contributed by atoms with E-state index >= 15 is 0 Å². The second-order valence-electron chi connectivity index (χ2n) is 10.7. The Balaban J connectivity index is 2.89. The van der Waals surface area contributed by atoms with Gasteiger partial charge in [-0.05, 0) is 76.6 Å². The van der Waals surface area contributed by atoms with Gasteiger partial charge in [-0.2, -0.15) is 0 Å². The van der Waals surface area contributed by atoms with Gasteiger partial charge in [0.15, 0.2) is 0 Å². The number of phenols is 1. The minimum Gasteiger partial charge on any atom is -0.508 e. The molecule has 0 aliphatic rings. The van der Waals surface area contributed by atoms with Crippen molar-refractivity contribution in [3.63, 3.8) is 0 Å². The van der Waals surface area contributed by atoms with Crippen LogP contribution in [0, 0.1) is 17.8 Å². The van der Waals surface area contributed by atoms with Crippen molar-refractivity contribution >= 4 is 35.6 Å². The summed E-state index contributed by atoms with van der Waals surface area (Å²) in [5.74, 6) is -2.82. The van der Waals surface area contributed by atoms with Crippen LogP contribution in [-0.2, 0) is 19.1 Å². The number of alkyl carbamates (subject to hydrolysis) is 1. The molecule has 1 rings (SSSR count). The largest absolute Gasteiger partial charge is 0.508 e. The number of thioether (sulfide) groups is 1. The van der Waals surface area contributed by atoms with Crippen molar-refractivity contribution < 1.29 is 34.2 Å². The summed E-state index contributed by atoms with van der Waals surface area (Å²) in [6.07, 6.45) is 1.28. The summed E-state index contributed by atoms with van der Waals surface area (Å²) in [4.78, 5) is 51.3. The van der Waals surface area contributed by atoms with Crippen LogP contribution >= 0.6 is 11.8 Å². The van der Waals surface area contributed by atoms with Crippen LogP contribution in [0.15, 0.2) is 29.2 Å². The molecule has 0 aliphatic carbocycles. The zero-order valence-corrected chi connectivity index (χ0v) is 24.5. The molecular weight excluding hydrogens is 524 g/mol. The van der Waals surface area contributed by atoms with Gasteiger partial charge in [0.2, 0.25) is 17.7 Å². The molecule has 0 saturated carbocycles. The summed E-state index contributed by atoms with van der Waals surface area (Å²) < 4.78 is 5.20. The van der Waals surface area contributed by atoms with Crippen molar-refractivity contribution in [1.82, 2.24) is 21.4 Å². The minimum atomic E-state index is -0.875. The third kappa shape index (κ3) is 13.6. The van der Waals surface area contributed by atoms with Crippen molar-refractivity contribution in [2.75, 3.05) is 19.3 Å². The van der Waals surface area contributed by atoms with Gasteiger partial charge in [0.1, 0.15) is 17.4 Å². The molecule has 0 saturated heterocycles. The quantitative estimate of drug-likeness (QED) is 0.0812. The molecule has 0 aromatic heterocycles. The first-order valence-electron chi connectivity index (χ1n) is 13.1. The van der Waals surface area contributed by atoms with E-state index in [0.29, 0.717) is 32.2 Å². The number of hydrogen-bond acceptors (Lipinski definition) is 8. The van der Waals surface area contributed by atoms with Crippen molar-refractivity contribution in [3.8, 4) is 5.75 Å². The van der Waals surface area contributed by atoms with E-state index in [0.717, 1.165) is 4.90 Å². The molecule has 0 bridgehead atoms. The summed E-state index contributed by atoms with van der Waals surface area (Å²) >= 11 is 1.32. The van der Waals surface area contributed by atoms with Crippen LogP contribution in [0.2, 0.25) is 0 Å². The van der Waals surface area contributed by atoms with E-state index in [1.165, 1.54) is 30.9 Å². The van der Waals surface area contributed by atoms with Crippen LogP contribution < -0.4 is 21.4 Å². The van der Waals surface area contributed by atoms with E-state index in [-0.39, 0.29) is 23.3 Å². The first-order valence-corrected chi connectivity index (χ1v) is 14.1. The van der Waals surface area contributed by atoms with Gasteiger partial charge < -0.3 is 25.8 Å². The number of amides is 4. The molecule has 0 aliphatic heterocycles. The predicted octanol–water partition coefficient (Wildman–Crippen LogP) is 3.19. The smallest absolute Gasteiger partial charge is 0.407 e. The maximum atomic E-state index is 13.5. The number of hydrogen-bond donors (Lipinski definition) is 6. The Labute approximate surface area is 235 Å². The van der Waals surface area contributed by atoms with Gasteiger partial charge >= 0.3 is 6.09 Å². The molecule has 4 amide bonds. The van der Waals surface area contributed by atoms with E-state index in [1.807, 2.05) is 13.8 Å². The number of rotatable bonds is 15. The number of unbranched alkanes of at least 4 members (excludes halogenated alkanes) is 1. The number of likely N-dealkylation sites (N-methyl/N-ethyl adjacent to an activating group) is 1. The van der Waals surface area contributed by atoms with E-state index in [2.05, 4.69) is 16.0 Å². The Morgan fingerprint density at radius 1 is 0.974 bits per heavy atom. The topological polar surface area (TPSA) is 166 Å². The highest BCUT2D eigenvalue weighted by molar-refractivity contribution is 7.99. The number of carbonyl (C=O) groups is 4. The Kier molecular flexibility index (Phi) is 14.7. The molecule has 0 radical (unpaired) electrons. The average Bonchev–Trinajstić information content (AvgIpc) is 2.86. The number of aromatic hydroxyl groups is 1. The van der Waals surface area contributed by atoms with Crippen molar-refractivity contribution in [2.24, 2.45) is 17.8 Å². The monoisotopic (exact) mass is 568 g/mol. The SMILES string of the molecule is CNC(=O)C(CCCCNC(=O)OC(C)(C)C)NC(=O)[C@H](CC(C)C)[C@H](CSc1ccc(O)cc1)C(=O)NO. The summed E-state index contributed by atoms with van der Waals surface area (Å²) in [6, 6.07) is 5.62. The highest BCUT2D eigenvalue weighted by atomic mass is 32.2. The molecule has 1 unspecified atom stereocenters. The molecule has 3 atom stereocenters. The van der Waals surface area contributed by atoms with Crippen LogP contribution in [0.25, 0.3) is 0 Å². The van der Waals surface area contributed by atoms with Crippen molar-refractivity contribution in [2.45, 2.75) is 76.8 Å². The number of benzene rings is 1. The number of phenolic OH excluding ortho intramolecular Hbond substituents is 1. The Bertz CT molecular complexity index is 935. The number of carbonyl (C=O) groups excluding carboxylic acids is 4. The average molecular weight is 569 g/mol. The molecule has 0 fully saturated rings. The lowest BCUT2D eigenvalue weighted by Crippen LogP contribution is -2.50. The minimum absolute atomic E-state index is 0.0609. The summed E-state index contributed by atoms with van der Waals surface area (Å²) in [6.45, 7) is 9.53. The lowest BCUT2D eigenvalue weighted by atomic mass is 9.84. The van der Waals surface area contributed by atoms with Gasteiger partial charge in [-0.15, -0.1) is 11.8 Å². The molecule has 0 heterocycles. The van der Waals surface area contributed by atoms with Gasteiger partial charge in [0.25, 0.3) is 0 Å². The van der Waals surface area contributed by atoms with Crippen LogP contribution in [0.4, 0.5) is 4.79 Å². The second-order valence-corrected chi connectivity index (χ2v) is 11.8. The fraction of sp³-hybridized carbons (Fsp3) is 0.630. The molecule has 0 spiro atoms.